The van der Waals surface area contributed by atoms with Gasteiger partial charge in [-0.3, -0.25) is 0 Å². The first-order valence-corrected chi connectivity index (χ1v) is 7.63. The van der Waals surface area contributed by atoms with Gasteiger partial charge in [0.1, 0.15) is 16.3 Å². The molecule has 0 aliphatic heterocycles. The maximum absolute atomic E-state index is 6.17. The molecule has 0 saturated carbocycles. The number of nitrogens with zero attached hydrogens (tertiary/aromatic N) is 3. The molecule has 3 aromatic rings. The van der Waals surface area contributed by atoms with Gasteiger partial charge in [0.25, 0.3) is 0 Å². The Kier molecular flexibility index (Phi) is 3.74. The smallest absolute Gasteiger partial charge is 0.183 e. The highest BCUT2D eigenvalue weighted by Crippen LogP contribution is 2.31. The summed E-state index contributed by atoms with van der Waals surface area (Å²) in [5.74, 6) is 1.29. The molecule has 3 aromatic heterocycles. The number of nitrogens with one attached hydrogen (secondary N) is 1. The van der Waals surface area contributed by atoms with Crippen LogP contribution in [0.3, 0.4) is 0 Å². The maximum atomic E-state index is 6.17. The minimum Gasteiger partial charge on any atom is -0.370 e. The van der Waals surface area contributed by atoms with E-state index in [1.807, 2.05) is 18.4 Å². The number of hydrogen-bond donors (Lipinski definition) is 1. The molecule has 3 heterocycles. The molecule has 0 spiro atoms. The van der Waals surface area contributed by atoms with E-state index in [1.165, 1.54) is 6.20 Å². The minimum absolute atomic E-state index is 0.441. The van der Waals surface area contributed by atoms with Crippen molar-refractivity contribution in [3.8, 4) is 11.5 Å². The van der Waals surface area contributed by atoms with Crippen molar-refractivity contribution in [1.82, 2.24) is 15.0 Å². The normalized spacial score (nSPS) is 10.9. The summed E-state index contributed by atoms with van der Waals surface area (Å²) in [6.45, 7) is 2.80. The van der Waals surface area contributed by atoms with Gasteiger partial charge in [-0.1, -0.05) is 23.2 Å². The van der Waals surface area contributed by atoms with E-state index in [1.54, 1.807) is 17.4 Å². The van der Waals surface area contributed by atoms with Crippen LogP contribution in [0, 0.1) is 0 Å². The van der Waals surface area contributed by atoms with E-state index in [9.17, 15) is 0 Å². The zero-order valence-corrected chi connectivity index (χ0v) is 12.9. The zero-order valence-electron chi connectivity index (χ0n) is 10.5. The summed E-state index contributed by atoms with van der Waals surface area (Å²) in [5, 5.41) is 7.16. The van der Waals surface area contributed by atoms with Crippen molar-refractivity contribution in [3.63, 3.8) is 0 Å². The summed E-state index contributed by atoms with van der Waals surface area (Å²) in [4.78, 5) is 14.2. The molecular weight excluding hydrogens is 315 g/mol. The summed E-state index contributed by atoms with van der Waals surface area (Å²) in [7, 11) is 0. The Morgan fingerprint density at radius 3 is 2.90 bits per heavy atom. The molecule has 0 radical (unpaired) electrons. The van der Waals surface area contributed by atoms with Crippen LogP contribution in [0.1, 0.15) is 6.92 Å². The fourth-order valence-corrected chi connectivity index (χ4v) is 3.07. The van der Waals surface area contributed by atoms with Crippen LogP contribution in [0.15, 0.2) is 23.7 Å². The van der Waals surface area contributed by atoms with Crippen LogP contribution in [0.2, 0.25) is 10.0 Å². The molecule has 0 aromatic carbocycles. The standard InChI is InChI=1S/C13H10Cl2N4S/c1-2-16-11-8-3-4-20-13(8)19-12(18-11)10-9(15)5-7(14)6-17-10/h3-6H,2H2,1H3,(H,16,18,19). The molecule has 4 nitrogen and oxygen atoms in total. The van der Waals surface area contributed by atoms with E-state index in [-0.39, 0.29) is 0 Å². The SMILES string of the molecule is CCNc1nc(-c2ncc(Cl)cc2Cl)nc2sccc12. The van der Waals surface area contributed by atoms with E-state index < -0.39 is 0 Å². The molecule has 1 N–H and O–H groups in total. The highest BCUT2D eigenvalue weighted by Gasteiger charge is 2.13. The van der Waals surface area contributed by atoms with Crippen LogP contribution in [0.5, 0.6) is 0 Å². The van der Waals surface area contributed by atoms with Crippen LogP contribution >= 0.6 is 34.5 Å². The van der Waals surface area contributed by atoms with Crippen molar-refractivity contribution in [2.45, 2.75) is 6.92 Å². The van der Waals surface area contributed by atoms with Crippen LogP contribution in [0.25, 0.3) is 21.7 Å². The van der Waals surface area contributed by atoms with Gasteiger partial charge in [0.15, 0.2) is 5.82 Å². The Morgan fingerprint density at radius 2 is 2.15 bits per heavy atom. The van der Waals surface area contributed by atoms with E-state index >= 15 is 0 Å². The first-order valence-electron chi connectivity index (χ1n) is 5.99. The predicted molar refractivity (Wildman–Crippen MR) is 84.8 cm³/mol. The van der Waals surface area contributed by atoms with Gasteiger partial charge in [0.2, 0.25) is 0 Å². The predicted octanol–water partition coefficient (Wildman–Crippen LogP) is 4.49. The minimum atomic E-state index is 0.441. The number of aromatic nitrogens is 3. The summed E-state index contributed by atoms with van der Waals surface area (Å²) in [6, 6.07) is 3.64. The van der Waals surface area contributed by atoms with E-state index in [0.29, 0.717) is 21.6 Å². The lowest BCUT2D eigenvalue weighted by atomic mass is 10.3. The Morgan fingerprint density at radius 1 is 1.30 bits per heavy atom. The highest BCUT2D eigenvalue weighted by molar-refractivity contribution is 7.16. The third kappa shape index (κ3) is 2.44. The number of pyridine rings is 1. The monoisotopic (exact) mass is 324 g/mol. The molecule has 0 atom stereocenters. The summed E-state index contributed by atoms with van der Waals surface area (Å²) < 4.78 is 0. The number of anilines is 1. The van der Waals surface area contributed by atoms with Crippen molar-refractivity contribution < 1.29 is 0 Å². The van der Waals surface area contributed by atoms with E-state index in [2.05, 4.69) is 20.3 Å². The molecular formula is C13H10Cl2N4S. The fraction of sp³-hybridized carbons (Fsp3) is 0.154. The Bertz CT molecular complexity index is 772. The van der Waals surface area contributed by atoms with Crippen LogP contribution in [-0.2, 0) is 0 Å². The number of thiophene rings is 1. The second-order valence-corrected chi connectivity index (χ2v) is 5.79. The summed E-state index contributed by atoms with van der Waals surface area (Å²) >= 11 is 13.6. The van der Waals surface area contributed by atoms with E-state index in [0.717, 1.165) is 22.6 Å². The summed E-state index contributed by atoms with van der Waals surface area (Å²) in [5.41, 5.74) is 0.533. The van der Waals surface area contributed by atoms with Crippen molar-refractivity contribution >= 4 is 50.6 Å². The summed E-state index contributed by atoms with van der Waals surface area (Å²) in [6.07, 6.45) is 1.54. The fourth-order valence-electron chi connectivity index (χ4n) is 1.84. The van der Waals surface area contributed by atoms with Crippen molar-refractivity contribution in [2.24, 2.45) is 0 Å². The second-order valence-electron chi connectivity index (χ2n) is 4.05. The topological polar surface area (TPSA) is 50.7 Å². The van der Waals surface area contributed by atoms with E-state index in [4.69, 9.17) is 23.2 Å². The molecule has 0 bridgehead atoms. The van der Waals surface area contributed by atoms with Crippen LogP contribution in [0.4, 0.5) is 5.82 Å². The van der Waals surface area contributed by atoms with Crippen molar-refractivity contribution in [1.29, 1.82) is 0 Å². The highest BCUT2D eigenvalue weighted by atomic mass is 35.5. The zero-order chi connectivity index (χ0) is 14.1. The largest absolute Gasteiger partial charge is 0.370 e. The first kappa shape index (κ1) is 13.5. The lowest BCUT2D eigenvalue weighted by molar-refractivity contribution is 1.13. The van der Waals surface area contributed by atoms with Gasteiger partial charge >= 0.3 is 0 Å². The van der Waals surface area contributed by atoms with Gasteiger partial charge in [0.05, 0.1) is 15.4 Å². The van der Waals surface area contributed by atoms with Gasteiger partial charge in [-0.15, -0.1) is 11.3 Å². The molecule has 0 saturated heterocycles. The molecule has 0 fully saturated rings. The van der Waals surface area contributed by atoms with Crippen molar-refractivity contribution in [2.75, 3.05) is 11.9 Å². The Hall–Kier alpha value is -1.43. The average molecular weight is 325 g/mol. The molecule has 20 heavy (non-hydrogen) atoms. The first-order chi connectivity index (χ1) is 9.69. The molecule has 7 heteroatoms. The van der Waals surface area contributed by atoms with Crippen molar-refractivity contribution in [3.05, 3.63) is 33.8 Å². The van der Waals surface area contributed by atoms with Crippen LogP contribution < -0.4 is 5.32 Å². The third-order valence-corrected chi connectivity index (χ3v) is 3.99. The average Bonchev–Trinajstić information content (AvgIpc) is 2.87. The number of halogens is 2. The quantitative estimate of drug-likeness (QED) is 0.771. The molecule has 0 unspecified atom stereocenters. The van der Waals surface area contributed by atoms with Gasteiger partial charge in [0, 0.05) is 12.7 Å². The van der Waals surface area contributed by atoms with Gasteiger partial charge < -0.3 is 5.32 Å². The number of fused-ring (bicyclic) bond motifs is 1. The van der Waals surface area contributed by atoms with Gasteiger partial charge in [-0.05, 0) is 24.4 Å². The third-order valence-electron chi connectivity index (χ3n) is 2.69. The van der Waals surface area contributed by atoms with Crippen LogP contribution in [-0.4, -0.2) is 21.5 Å². The maximum Gasteiger partial charge on any atom is 0.183 e. The number of hydrogen-bond acceptors (Lipinski definition) is 5. The molecule has 0 aliphatic carbocycles. The molecule has 3 rings (SSSR count). The molecule has 102 valence electrons. The second kappa shape index (κ2) is 5.52. The molecule has 0 amide bonds. The lowest BCUT2D eigenvalue weighted by Gasteiger charge is -2.07. The van der Waals surface area contributed by atoms with Gasteiger partial charge in [-0.2, -0.15) is 0 Å². The molecule has 0 aliphatic rings. The lowest BCUT2D eigenvalue weighted by Crippen LogP contribution is -2.02. The Labute approximate surface area is 129 Å². The Balaban J connectivity index is 2.20. The number of rotatable bonds is 3. The van der Waals surface area contributed by atoms with Gasteiger partial charge in [-0.25, -0.2) is 15.0 Å².